The Kier molecular flexibility index (Phi) is 7.26. The molecule has 3 nitrogen and oxygen atoms in total. The van der Waals surface area contributed by atoms with E-state index < -0.39 is 0 Å². The summed E-state index contributed by atoms with van der Waals surface area (Å²) in [5, 5.41) is 3.40. The van der Waals surface area contributed by atoms with Crippen molar-refractivity contribution in [3.63, 3.8) is 0 Å². The molecule has 1 heterocycles. The van der Waals surface area contributed by atoms with E-state index in [1.165, 1.54) is 11.1 Å². The molecule has 2 aromatic rings. The molecule has 3 rings (SSSR count). The average molecular weight is 351 g/mol. The van der Waals surface area contributed by atoms with Crippen LogP contribution in [0.25, 0.3) is 0 Å². The fraction of sp³-hybridized carbons (Fsp3) is 0.435. The van der Waals surface area contributed by atoms with E-state index in [9.17, 15) is 4.79 Å². The zero-order chi connectivity index (χ0) is 18.0. The number of carbonyl (C=O) groups excluding carboxylic acids is 1. The van der Waals surface area contributed by atoms with Crippen molar-refractivity contribution >= 4 is 5.91 Å². The Morgan fingerprint density at radius 2 is 1.50 bits per heavy atom. The Morgan fingerprint density at radius 1 is 0.885 bits per heavy atom. The van der Waals surface area contributed by atoms with E-state index >= 15 is 0 Å². The predicted molar refractivity (Wildman–Crippen MR) is 107 cm³/mol. The number of hydrogen-bond acceptors (Lipinski definition) is 2. The number of likely N-dealkylation sites (tertiary alicyclic amines) is 1. The third-order valence-corrected chi connectivity index (χ3v) is 5.28. The molecule has 0 aromatic heterocycles. The molecule has 2 aromatic carbocycles. The third kappa shape index (κ3) is 5.99. The van der Waals surface area contributed by atoms with Crippen molar-refractivity contribution in [2.45, 2.75) is 32.1 Å². The molecule has 1 fully saturated rings. The molecule has 0 spiro atoms. The van der Waals surface area contributed by atoms with Crippen LogP contribution in [0.1, 0.15) is 30.4 Å². The fourth-order valence-electron chi connectivity index (χ4n) is 3.69. The minimum atomic E-state index is 0.301. The summed E-state index contributed by atoms with van der Waals surface area (Å²) < 4.78 is 0. The summed E-state index contributed by atoms with van der Waals surface area (Å²) in [7, 11) is 0. The Morgan fingerprint density at radius 3 is 2.15 bits per heavy atom. The molecule has 1 saturated heterocycles. The standard InChI is InChI=1S/C23H30N2O/c26-23(12-16-24-15-11-20-7-3-1-4-8-20)25-17-13-22(14-18-25)19-21-9-5-2-6-10-21/h1-10,22,24H,11-19H2. The second-order valence-corrected chi connectivity index (χ2v) is 7.25. The van der Waals surface area contributed by atoms with Crippen LogP contribution in [0.4, 0.5) is 0 Å². The van der Waals surface area contributed by atoms with Crippen molar-refractivity contribution in [3.05, 3.63) is 71.8 Å². The van der Waals surface area contributed by atoms with Gasteiger partial charge in [-0.1, -0.05) is 60.7 Å². The van der Waals surface area contributed by atoms with Crippen LogP contribution in [-0.2, 0) is 17.6 Å². The summed E-state index contributed by atoms with van der Waals surface area (Å²) in [6, 6.07) is 21.2. The SMILES string of the molecule is O=C(CCNCCc1ccccc1)N1CCC(Cc2ccccc2)CC1. The van der Waals surface area contributed by atoms with Crippen molar-refractivity contribution in [2.75, 3.05) is 26.2 Å². The van der Waals surface area contributed by atoms with Gasteiger partial charge in [0.05, 0.1) is 0 Å². The smallest absolute Gasteiger partial charge is 0.223 e. The second kappa shape index (κ2) is 10.1. The van der Waals surface area contributed by atoms with Crippen LogP contribution in [-0.4, -0.2) is 37.0 Å². The first-order chi connectivity index (χ1) is 12.8. The highest BCUT2D eigenvalue weighted by Crippen LogP contribution is 2.21. The van der Waals surface area contributed by atoms with Gasteiger partial charge < -0.3 is 10.2 Å². The molecule has 0 unspecified atom stereocenters. The molecule has 0 bridgehead atoms. The summed E-state index contributed by atoms with van der Waals surface area (Å²) in [4.78, 5) is 14.4. The number of nitrogens with one attached hydrogen (secondary N) is 1. The molecule has 3 heteroatoms. The predicted octanol–water partition coefficient (Wildman–Crippen LogP) is 3.69. The van der Waals surface area contributed by atoms with Gasteiger partial charge in [0.15, 0.2) is 0 Å². The average Bonchev–Trinajstić information content (AvgIpc) is 2.70. The van der Waals surface area contributed by atoms with Crippen LogP contribution >= 0.6 is 0 Å². The van der Waals surface area contributed by atoms with Crippen molar-refractivity contribution in [2.24, 2.45) is 5.92 Å². The summed E-state index contributed by atoms with van der Waals surface area (Å²) in [6.07, 6.45) is 5.02. The van der Waals surface area contributed by atoms with Gasteiger partial charge in [0.2, 0.25) is 5.91 Å². The first kappa shape index (κ1) is 18.7. The van der Waals surface area contributed by atoms with Gasteiger partial charge in [-0.15, -0.1) is 0 Å². The molecule has 1 aliphatic heterocycles. The van der Waals surface area contributed by atoms with E-state index in [0.29, 0.717) is 18.2 Å². The first-order valence-electron chi connectivity index (χ1n) is 9.87. The van der Waals surface area contributed by atoms with Crippen LogP contribution in [0.2, 0.25) is 0 Å². The summed E-state index contributed by atoms with van der Waals surface area (Å²) in [6.45, 7) is 3.53. The van der Waals surface area contributed by atoms with Gasteiger partial charge in [0.1, 0.15) is 0 Å². The summed E-state index contributed by atoms with van der Waals surface area (Å²) in [5.74, 6) is 1.01. The minimum absolute atomic E-state index is 0.301. The Balaban J connectivity index is 1.29. The van der Waals surface area contributed by atoms with E-state index in [0.717, 1.165) is 51.9 Å². The molecular weight excluding hydrogens is 320 g/mol. The van der Waals surface area contributed by atoms with E-state index in [1.54, 1.807) is 0 Å². The number of hydrogen-bond donors (Lipinski definition) is 1. The van der Waals surface area contributed by atoms with E-state index in [1.807, 2.05) is 6.07 Å². The topological polar surface area (TPSA) is 32.3 Å². The van der Waals surface area contributed by atoms with Gasteiger partial charge in [-0.2, -0.15) is 0 Å². The highest BCUT2D eigenvalue weighted by Gasteiger charge is 2.22. The molecule has 0 saturated carbocycles. The number of nitrogens with zero attached hydrogens (tertiary/aromatic N) is 1. The number of piperidine rings is 1. The Labute approximate surface area is 157 Å². The lowest BCUT2D eigenvalue weighted by molar-refractivity contribution is -0.132. The molecule has 0 aliphatic carbocycles. The van der Waals surface area contributed by atoms with E-state index in [2.05, 4.69) is 64.8 Å². The minimum Gasteiger partial charge on any atom is -0.343 e. The normalized spacial score (nSPS) is 15.2. The van der Waals surface area contributed by atoms with Crippen LogP contribution in [0.3, 0.4) is 0 Å². The maximum Gasteiger partial charge on any atom is 0.223 e. The van der Waals surface area contributed by atoms with Crippen LogP contribution in [0, 0.1) is 5.92 Å². The van der Waals surface area contributed by atoms with Gasteiger partial charge in [-0.3, -0.25) is 4.79 Å². The lowest BCUT2D eigenvalue weighted by atomic mass is 9.90. The Bertz CT molecular complexity index is 648. The molecular formula is C23H30N2O. The van der Waals surface area contributed by atoms with Crippen LogP contribution in [0.5, 0.6) is 0 Å². The third-order valence-electron chi connectivity index (χ3n) is 5.28. The highest BCUT2D eigenvalue weighted by molar-refractivity contribution is 5.76. The number of benzene rings is 2. The molecule has 1 aliphatic rings. The van der Waals surface area contributed by atoms with Crippen molar-refractivity contribution < 1.29 is 4.79 Å². The molecule has 138 valence electrons. The van der Waals surface area contributed by atoms with Crippen LogP contribution < -0.4 is 5.32 Å². The zero-order valence-corrected chi connectivity index (χ0v) is 15.6. The molecule has 0 radical (unpaired) electrons. The Hall–Kier alpha value is -2.13. The quantitative estimate of drug-likeness (QED) is 0.737. The van der Waals surface area contributed by atoms with E-state index in [4.69, 9.17) is 0 Å². The van der Waals surface area contributed by atoms with Crippen LogP contribution in [0.15, 0.2) is 60.7 Å². The number of carbonyl (C=O) groups is 1. The lowest BCUT2D eigenvalue weighted by Gasteiger charge is -2.32. The summed E-state index contributed by atoms with van der Waals surface area (Å²) >= 11 is 0. The highest BCUT2D eigenvalue weighted by atomic mass is 16.2. The van der Waals surface area contributed by atoms with Crippen molar-refractivity contribution in [3.8, 4) is 0 Å². The number of rotatable bonds is 8. The van der Waals surface area contributed by atoms with Crippen molar-refractivity contribution in [1.82, 2.24) is 10.2 Å². The second-order valence-electron chi connectivity index (χ2n) is 7.25. The maximum absolute atomic E-state index is 12.4. The van der Waals surface area contributed by atoms with Gasteiger partial charge in [0, 0.05) is 26.1 Å². The first-order valence-corrected chi connectivity index (χ1v) is 9.87. The molecule has 1 amide bonds. The molecule has 26 heavy (non-hydrogen) atoms. The van der Waals surface area contributed by atoms with Gasteiger partial charge >= 0.3 is 0 Å². The van der Waals surface area contributed by atoms with Crippen molar-refractivity contribution in [1.29, 1.82) is 0 Å². The van der Waals surface area contributed by atoms with Gasteiger partial charge in [-0.05, 0) is 49.3 Å². The number of amides is 1. The van der Waals surface area contributed by atoms with E-state index in [-0.39, 0.29) is 0 Å². The van der Waals surface area contributed by atoms with Gasteiger partial charge in [0.25, 0.3) is 0 Å². The van der Waals surface area contributed by atoms with Gasteiger partial charge in [-0.25, -0.2) is 0 Å². The fourth-order valence-corrected chi connectivity index (χ4v) is 3.69. The monoisotopic (exact) mass is 350 g/mol. The zero-order valence-electron chi connectivity index (χ0n) is 15.6. The maximum atomic E-state index is 12.4. The largest absolute Gasteiger partial charge is 0.343 e. The lowest BCUT2D eigenvalue weighted by Crippen LogP contribution is -2.40. The molecule has 0 atom stereocenters. The summed E-state index contributed by atoms with van der Waals surface area (Å²) in [5.41, 5.74) is 2.76. The molecule has 1 N–H and O–H groups in total.